The predicted molar refractivity (Wildman–Crippen MR) is 96.7 cm³/mol. The predicted octanol–water partition coefficient (Wildman–Crippen LogP) is 2.35. The van der Waals surface area contributed by atoms with Crippen LogP contribution in [0.15, 0.2) is 33.7 Å². The zero-order chi connectivity index (χ0) is 18.9. The first kappa shape index (κ1) is 18.9. The summed E-state index contributed by atoms with van der Waals surface area (Å²) in [5, 5.41) is 4.10. The summed E-state index contributed by atoms with van der Waals surface area (Å²) in [6.45, 7) is 4.64. The van der Waals surface area contributed by atoms with Crippen LogP contribution in [-0.4, -0.2) is 54.9 Å². The molecule has 0 spiro atoms. The summed E-state index contributed by atoms with van der Waals surface area (Å²) < 4.78 is 32.0. The van der Waals surface area contributed by atoms with E-state index in [0.29, 0.717) is 36.5 Å². The van der Waals surface area contributed by atoms with Gasteiger partial charge >= 0.3 is 0 Å². The first-order valence-corrected chi connectivity index (χ1v) is 10.2. The number of piperazine rings is 1. The third kappa shape index (κ3) is 3.36. The molecule has 0 radical (unpaired) electrons. The Labute approximate surface area is 157 Å². The van der Waals surface area contributed by atoms with Crippen molar-refractivity contribution in [1.82, 2.24) is 14.4 Å². The molecule has 3 rings (SSSR count). The van der Waals surface area contributed by atoms with Gasteiger partial charge in [-0.1, -0.05) is 35.8 Å². The molecule has 140 valence electrons. The molecule has 1 aromatic heterocycles. The normalized spacial score (nSPS) is 16.0. The third-order valence-electron chi connectivity index (χ3n) is 4.46. The van der Waals surface area contributed by atoms with E-state index in [2.05, 4.69) is 5.16 Å². The second kappa shape index (κ2) is 7.38. The van der Waals surface area contributed by atoms with Crippen LogP contribution in [0.5, 0.6) is 0 Å². The highest BCUT2D eigenvalue weighted by atomic mass is 35.5. The van der Waals surface area contributed by atoms with E-state index in [1.54, 1.807) is 30.0 Å². The van der Waals surface area contributed by atoms with Gasteiger partial charge < -0.3 is 9.42 Å². The number of benzene rings is 1. The van der Waals surface area contributed by atoms with Crippen LogP contribution in [0.4, 0.5) is 0 Å². The Morgan fingerprint density at radius 1 is 1.23 bits per heavy atom. The van der Waals surface area contributed by atoms with Gasteiger partial charge in [0, 0.05) is 26.2 Å². The fraction of sp³-hybridized carbons (Fsp3) is 0.412. The highest BCUT2D eigenvalue weighted by Crippen LogP contribution is 2.25. The Morgan fingerprint density at radius 2 is 1.88 bits per heavy atom. The zero-order valence-electron chi connectivity index (χ0n) is 14.6. The van der Waals surface area contributed by atoms with E-state index in [1.165, 1.54) is 10.4 Å². The van der Waals surface area contributed by atoms with Crippen LogP contribution < -0.4 is 0 Å². The number of aryl methyl sites for hydroxylation is 2. The van der Waals surface area contributed by atoms with Crippen LogP contribution >= 0.6 is 11.6 Å². The molecule has 1 aliphatic heterocycles. The quantitative estimate of drug-likeness (QED) is 0.790. The van der Waals surface area contributed by atoms with Crippen molar-refractivity contribution in [3.8, 4) is 0 Å². The van der Waals surface area contributed by atoms with Gasteiger partial charge in [0.15, 0.2) is 0 Å². The molecular weight excluding hydrogens is 378 g/mol. The molecule has 0 unspecified atom stereocenters. The van der Waals surface area contributed by atoms with E-state index >= 15 is 0 Å². The summed E-state index contributed by atoms with van der Waals surface area (Å²) in [7, 11) is -3.68. The summed E-state index contributed by atoms with van der Waals surface area (Å²) in [6, 6.07) is 6.36. The number of halogens is 1. The van der Waals surface area contributed by atoms with E-state index in [-0.39, 0.29) is 28.9 Å². The Balaban J connectivity index is 1.74. The SMILES string of the molecule is CCc1noc(C)c1C(=O)N1CCN(S(=O)(=O)c2ccccc2Cl)CC1. The fourth-order valence-corrected chi connectivity index (χ4v) is 4.93. The highest BCUT2D eigenvalue weighted by Gasteiger charge is 2.33. The molecule has 1 aromatic carbocycles. The number of nitrogens with zero attached hydrogens (tertiary/aromatic N) is 3. The topological polar surface area (TPSA) is 83.7 Å². The van der Waals surface area contributed by atoms with Gasteiger partial charge in [-0.05, 0) is 25.5 Å². The molecular formula is C17H20ClN3O4S. The van der Waals surface area contributed by atoms with Gasteiger partial charge in [-0.25, -0.2) is 8.42 Å². The number of rotatable bonds is 4. The molecule has 1 saturated heterocycles. The van der Waals surface area contributed by atoms with Crippen LogP contribution in [0.3, 0.4) is 0 Å². The minimum absolute atomic E-state index is 0.0876. The number of carbonyl (C=O) groups excluding carboxylic acids is 1. The summed E-state index contributed by atoms with van der Waals surface area (Å²) in [4.78, 5) is 14.5. The molecule has 0 atom stereocenters. The maximum atomic E-state index is 12.8. The molecule has 2 heterocycles. The van der Waals surface area contributed by atoms with E-state index in [1.807, 2.05) is 6.92 Å². The smallest absolute Gasteiger partial charge is 0.259 e. The molecule has 0 aliphatic carbocycles. The van der Waals surface area contributed by atoms with Crippen molar-refractivity contribution in [2.45, 2.75) is 25.2 Å². The van der Waals surface area contributed by atoms with E-state index in [4.69, 9.17) is 16.1 Å². The maximum Gasteiger partial charge on any atom is 0.259 e. The zero-order valence-corrected chi connectivity index (χ0v) is 16.2. The van der Waals surface area contributed by atoms with Crippen LogP contribution in [0.2, 0.25) is 5.02 Å². The Morgan fingerprint density at radius 3 is 2.50 bits per heavy atom. The summed E-state index contributed by atoms with van der Waals surface area (Å²) in [5.74, 6) is 0.313. The molecule has 9 heteroatoms. The van der Waals surface area contributed by atoms with Gasteiger partial charge in [-0.3, -0.25) is 4.79 Å². The van der Waals surface area contributed by atoms with Crippen LogP contribution in [-0.2, 0) is 16.4 Å². The number of hydrogen-bond acceptors (Lipinski definition) is 5. The molecule has 1 aliphatic rings. The van der Waals surface area contributed by atoms with Gasteiger partial charge in [0.2, 0.25) is 10.0 Å². The average Bonchev–Trinajstić information content (AvgIpc) is 3.02. The molecule has 2 aromatic rings. The Kier molecular flexibility index (Phi) is 5.36. The van der Waals surface area contributed by atoms with E-state index in [0.717, 1.165) is 0 Å². The lowest BCUT2D eigenvalue weighted by molar-refractivity contribution is 0.0695. The molecule has 0 N–H and O–H groups in total. The first-order chi connectivity index (χ1) is 12.4. The van der Waals surface area contributed by atoms with E-state index in [9.17, 15) is 13.2 Å². The molecule has 26 heavy (non-hydrogen) atoms. The lowest BCUT2D eigenvalue weighted by atomic mass is 10.1. The monoisotopic (exact) mass is 397 g/mol. The van der Waals surface area contributed by atoms with Crippen LogP contribution in [0.1, 0.15) is 28.7 Å². The van der Waals surface area contributed by atoms with Gasteiger partial charge in [0.05, 0.1) is 10.7 Å². The number of hydrogen-bond donors (Lipinski definition) is 0. The Hall–Kier alpha value is -1.90. The summed E-state index contributed by atoms with van der Waals surface area (Å²) in [5.41, 5.74) is 1.11. The minimum Gasteiger partial charge on any atom is -0.361 e. The fourth-order valence-electron chi connectivity index (χ4n) is 3.02. The van der Waals surface area contributed by atoms with Crippen molar-refractivity contribution in [2.24, 2.45) is 0 Å². The number of amides is 1. The minimum atomic E-state index is -3.68. The van der Waals surface area contributed by atoms with Crippen molar-refractivity contribution >= 4 is 27.5 Å². The van der Waals surface area contributed by atoms with Crippen LogP contribution in [0.25, 0.3) is 0 Å². The second-order valence-corrected chi connectivity index (χ2v) is 8.35. The van der Waals surface area contributed by atoms with Crippen molar-refractivity contribution < 1.29 is 17.7 Å². The summed E-state index contributed by atoms with van der Waals surface area (Å²) >= 11 is 6.04. The maximum absolute atomic E-state index is 12.8. The van der Waals surface area contributed by atoms with E-state index < -0.39 is 10.0 Å². The van der Waals surface area contributed by atoms with Crippen molar-refractivity contribution in [2.75, 3.05) is 26.2 Å². The van der Waals surface area contributed by atoms with Crippen LogP contribution in [0, 0.1) is 6.92 Å². The number of sulfonamides is 1. The Bertz CT molecular complexity index is 918. The molecule has 0 bridgehead atoms. The average molecular weight is 398 g/mol. The third-order valence-corrected chi connectivity index (χ3v) is 6.86. The lowest BCUT2D eigenvalue weighted by Gasteiger charge is -2.34. The van der Waals surface area contributed by atoms with Gasteiger partial charge in [0.1, 0.15) is 16.2 Å². The molecule has 0 saturated carbocycles. The van der Waals surface area contributed by atoms with Crippen molar-refractivity contribution in [3.63, 3.8) is 0 Å². The molecule has 1 amide bonds. The van der Waals surface area contributed by atoms with Crippen molar-refractivity contribution in [3.05, 3.63) is 46.3 Å². The summed E-state index contributed by atoms with van der Waals surface area (Å²) in [6.07, 6.45) is 0.596. The van der Waals surface area contributed by atoms with Gasteiger partial charge in [-0.2, -0.15) is 4.31 Å². The number of carbonyl (C=O) groups is 1. The highest BCUT2D eigenvalue weighted by molar-refractivity contribution is 7.89. The standard InChI is InChI=1S/C17H20ClN3O4S/c1-3-14-16(12(2)25-19-14)17(22)20-8-10-21(11-9-20)26(23,24)15-7-5-4-6-13(15)18/h4-7H,3,8-11H2,1-2H3. The van der Waals surface area contributed by atoms with Gasteiger partial charge in [-0.15, -0.1) is 0 Å². The van der Waals surface area contributed by atoms with Crippen molar-refractivity contribution in [1.29, 1.82) is 0 Å². The second-order valence-electron chi connectivity index (χ2n) is 6.04. The molecule has 1 fully saturated rings. The number of aromatic nitrogens is 1. The lowest BCUT2D eigenvalue weighted by Crippen LogP contribution is -2.50. The largest absolute Gasteiger partial charge is 0.361 e. The first-order valence-electron chi connectivity index (χ1n) is 8.35. The van der Waals surface area contributed by atoms with Gasteiger partial charge in [0.25, 0.3) is 5.91 Å². The molecule has 7 nitrogen and oxygen atoms in total.